The minimum absolute atomic E-state index is 1.08. The first-order valence-corrected chi connectivity index (χ1v) is 6.50. The molecule has 0 aliphatic carbocycles. The maximum Gasteiger partial charge on any atom is 0.0234 e. The van der Waals surface area contributed by atoms with Crippen molar-refractivity contribution >= 4 is 31.9 Å². The molecule has 2 rings (SSSR count). The summed E-state index contributed by atoms with van der Waals surface area (Å²) in [5, 5.41) is 0. The lowest BCUT2D eigenvalue weighted by atomic mass is 10.2. The summed E-state index contributed by atoms with van der Waals surface area (Å²) in [6.07, 6.45) is 2.71. The molecule has 0 N–H and O–H groups in total. The van der Waals surface area contributed by atoms with Crippen LogP contribution in [-0.4, -0.2) is 18.0 Å². The van der Waals surface area contributed by atoms with Crippen LogP contribution in [0.5, 0.6) is 0 Å². The van der Waals surface area contributed by atoms with Crippen LogP contribution in [0.15, 0.2) is 27.1 Å². The number of rotatable bonds is 2. The lowest BCUT2D eigenvalue weighted by Gasteiger charge is -2.14. The fraction of sp³-hybridized carbons (Fsp3) is 0.455. The van der Waals surface area contributed by atoms with Crippen LogP contribution in [0.3, 0.4) is 0 Å². The second kappa shape index (κ2) is 4.77. The molecule has 0 saturated carbocycles. The van der Waals surface area contributed by atoms with E-state index in [2.05, 4.69) is 55.0 Å². The molecule has 3 heteroatoms. The molecule has 0 unspecified atom stereocenters. The Labute approximate surface area is 102 Å². The molecule has 0 amide bonds. The van der Waals surface area contributed by atoms with Gasteiger partial charge in [0.2, 0.25) is 0 Å². The quantitative estimate of drug-likeness (QED) is 0.801. The van der Waals surface area contributed by atoms with E-state index in [0.717, 1.165) is 15.5 Å². The van der Waals surface area contributed by atoms with Crippen LogP contribution in [-0.2, 0) is 6.54 Å². The maximum absolute atomic E-state index is 3.51. The smallest absolute Gasteiger partial charge is 0.0234 e. The largest absolute Gasteiger partial charge is 0.299 e. The SMILES string of the molecule is Brc1cc(Br)cc(CN2CCCC2)c1. The number of hydrogen-bond donors (Lipinski definition) is 0. The van der Waals surface area contributed by atoms with E-state index in [4.69, 9.17) is 0 Å². The lowest BCUT2D eigenvalue weighted by Crippen LogP contribution is -2.18. The topological polar surface area (TPSA) is 3.24 Å². The van der Waals surface area contributed by atoms with E-state index in [9.17, 15) is 0 Å². The Morgan fingerprint density at radius 3 is 2.14 bits per heavy atom. The van der Waals surface area contributed by atoms with E-state index >= 15 is 0 Å². The molecule has 1 aromatic carbocycles. The highest BCUT2D eigenvalue weighted by molar-refractivity contribution is 9.11. The van der Waals surface area contributed by atoms with Crippen LogP contribution in [0.25, 0.3) is 0 Å². The normalized spacial score (nSPS) is 17.6. The summed E-state index contributed by atoms with van der Waals surface area (Å²) in [5.41, 5.74) is 1.38. The first-order valence-electron chi connectivity index (χ1n) is 4.91. The van der Waals surface area contributed by atoms with Gasteiger partial charge in [0.1, 0.15) is 0 Å². The highest BCUT2D eigenvalue weighted by Crippen LogP contribution is 2.22. The lowest BCUT2D eigenvalue weighted by molar-refractivity contribution is 0.331. The number of nitrogens with zero attached hydrogens (tertiary/aromatic N) is 1. The molecule has 14 heavy (non-hydrogen) atoms. The van der Waals surface area contributed by atoms with Crippen LogP contribution in [0.4, 0.5) is 0 Å². The number of likely N-dealkylation sites (tertiary alicyclic amines) is 1. The van der Waals surface area contributed by atoms with E-state index in [1.54, 1.807) is 0 Å². The van der Waals surface area contributed by atoms with Gasteiger partial charge < -0.3 is 0 Å². The third-order valence-corrected chi connectivity index (χ3v) is 3.44. The number of hydrogen-bond acceptors (Lipinski definition) is 1. The summed E-state index contributed by atoms with van der Waals surface area (Å²) >= 11 is 7.03. The second-order valence-corrected chi connectivity index (χ2v) is 5.59. The molecule has 1 heterocycles. The second-order valence-electron chi connectivity index (χ2n) is 3.76. The Morgan fingerprint density at radius 1 is 1.00 bits per heavy atom. The van der Waals surface area contributed by atoms with Gasteiger partial charge in [0.25, 0.3) is 0 Å². The molecule has 1 saturated heterocycles. The Morgan fingerprint density at radius 2 is 1.57 bits per heavy atom. The monoisotopic (exact) mass is 317 g/mol. The van der Waals surface area contributed by atoms with Gasteiger partial charge in [-0.1, -0.05) is 31.9 Å². The minimum atomic E-state index is 1.08. The molecule has 1 nitrogen and oxygen atoms in total. The van der Waals surface area contributed by atoms with Crippen LogP contribution < -0.4 is 0 Å². The van der Waals surface area contributed by atoms with Gasteiger partial charge in [-0.3, -0.25) is 4.90 Å². The Hall–Kier alpha value is 0.140. The van der Waals surface area contributed by atoms with E-state index < -0.39 is 0 Å². The molecule has 0 atom stereocenters. The molecular formula is C11H13Br2N. The van der Waals surface area contributed by atoms with E-state index in [-0.39, 0.29) is 0 Å². The van der Waals surface area contributed by atoms with Crippen molar-refractivity contribution in [3.63, 3.8) is 0 Å². The van der Waals surface area contributed by atoms with Crippen molar-refractivity contribution in [2.45, 2.75) is 19.4 Å². The molecule has 76 valence electrons. The fourth-order valence-corrected chi connectivity index (χ4v) is 3.29. The van der Waals surface area contributed by atoms with Crippen LogP contribution in [0.2, 0.25) is 0 Å². The van der Waals surface area contributed by atoms with Crippen molar-refractivity contribution in [2.75, 3.05) is 13.1 Å². The van der Waals surface area contributed by atoms with Gasteiger partial charge >= 0.3 is 0 Å². The van der Waals surface area contributed by atoms with Gasteiger partial charge in [0.15, 0.2) is 0 Å². The molecule has 0 bridgehead atoms. The number of benzene rings is 1. The van der Waals surface area contributed by atoms with Crippen molar-refractivity contribution in [3.8, 4) is 0 Å². The molecular weight excluding hydrogens is 306 g/mol. The van der Waals surface area contributed by atoms with E-state index in [1.165, 1.54) is 31.5 Å². The average molecular weight is 319 g/mol. The van der Waals surface area contributed by atoms with Crippen LogP contribution >= 0.6 is 31.9 Å². The van der Waals surface area contributed by atoms with Crippen molar-refractivity contribution < 1.29 is 0 Å². The molecule has 1 aliphatic rings. The zero-order valence-corrected chi connectivity index (χ0v) is 11.1. The molecule has 0 spiro atoms. The maximum atomic E-state index is 3.51. The third kappa shape index (κ3) is 2.81. The molecule has 0 radical (unpaired) electrons. The van der Waals surface area contributed by atoms with E-state index in [0.29, 0.717) is 0 Å². The summed E-state index contributed by atoms with van der Waals surface area (Å²) in [6.45, 7) is 3.59. The molecule has 1 fully saturated rings. The van der Waals surface area contributed by atoms with Gasteiger partial charge in [-0.25, -0.2) is 0 Å². The first kappa shape index (κ1) is 10.7. The fourth-order valence-electron chi connectivity index (χ4n) is 1.90. The highest BCUT2D eigenvalue weighted by Gasteiger charge is 2.11. The number of halogens is 2. The van der Waals surface area contributed by atoms with Gasteiger partial charge in [0.05, 0.1) is 0 Å². The summed E-state index contributed by atoms with van der Waals surface area (Å²) < 4.78 is 2.31. The average Bonchev–Trinajstić information content (AvgIpc) is 2.54. The van der Waals surface area contributed by atoms with Crippen LogP contribution in [0, 0.1) is 0 Å². The van der Waals surface area contributed by atoms with Crippen molar-refractivity contribution in [1.29, 1.82) is 0 Å². The van der Waals surface area contributed by atoms with Gasteiger partial charge in [-0.15, -0.1) is 0 Å². The summed E-state index contributed by atoms with van der Waals surface area (Å²) in [6, 6.07) is 6.47. The predicted octanol–water partition coefficient (Wildman–Crippen LogP) is 3.81. The Balaban J connectivity index is 2.07. The predicted molar refractivity (Wildman–Crippen MR) is 66.4 cm³/mol. The van der Waals surface area contributed by atoms with Crippen LogP contribution in [0.1, 0.15) is 18.4 Å². The highest BCUT2D eigenvalue weighted by atomic mass is 79.9. The Bertz CT molecular complexity index is 299. The first-order chi connectivity index (χ1) is 6.74. The standard InChI is InChI=1S/C11H13Br2N/c12-10-5-9(6-11(13)7-10)8-14-3-1-2-4-14/h5-7H,1-4,8H2. The third-order valence-electron chi connectivity index (χ3n) is 2.53. The van der Waals surface area contributed by atoms with Crippen molar-refractivity contribution in [2.24, 2.45) is 0 Å². The molecule has 0 aromatic heterocycles. The minimum Gasteiger partial charge on any atom is -0.299 e. The van der Waals surface area contributed by atoms with Crippen molar-refractivity contribution in [1.82, 2.24) is 4.90 Å². The molecule has 1 aliphatic heterocycles. The zero-order valence-electron chi connectivity index (χ0n) is 7.97. The van der Waals surface area contributed by atoms with Gasteiger partial charge in [-0.05, 0) is 49.7 Å². The molecule has 1 aromatic rings. The Kier molecular flexibility index (Phi) is 3.63. The summed E-state index contributed by atoms with van der Waals surface area (Å²) in [7, 11) is 0. The van der Waals surface area contributed by atoms with Gasteiger partial charge in [0, 0.05) is 15.5 Å². The van der Waals surface area contributed by atoms with E-state index in [1.807, 2.05) is 0 Å². The van der Waals surface area contributed by atoms with Gasteiger partial charge in [-0.2, -0.15) is 0 Å². The summed E-state index contributed by atoms with van der Waals surface area (Å²) in [5.74, 6) is 0. The zero-order chi connectivity index (χ0) is 9.97. The van der Waals surface area contributed by atoms with Crippen molar-refractivity contribution in [3.05, 3.63) is 32.7 Å². The summed E-state index contributed by atoms with van der Waals surface area (Å²) in [4.78, 5) is 2.51.